The summed E-state index contributed by atoms with van der Waals surface area (Å²) < 4.78 is 0. The molecular weight excluding hydrogens is 224 g/mol. The number of rotatable bonds is 4. The van der Waals surface area contributed by atoms with Crippen molar-refractivity contribution < 1.29 is 19.8 Å². The van der Waals surface area contributed by atoms with E-state index in [1.54, 1.807) is 30.3 Å². The first-order valence-electron chi connectivity index (χ1n) is 4.11. The van der Waals surface area contributed by atoms with Gasteiger partial charge in [0.15, 0.2) is 5.92 Å². The van der Waals surface area contributed by atoms with Crippen LogP contribution in [0.15, 0.2) is 30.3 Å². The van der Waals surface area contributed by atoms with Crippen molar-refractivity contribution in [3.05, 3.63) is 35.9 Å². The Balaban J connectivity index is 0.00000196. The van der Waals surface area contributed by atoms with Crippen molar-refractivity contribution in [3.63, 3.8) is 0 Å². The molecule has 4 nitrogen and oxygen atoms in total. The molecule has 0 amide bonds. The van der Waals surface area contributed by atoms with Gasteiger partial charge in [0.2, 0.25) is 0 Å². The molecule has 0 aliphatic heterocycles. The number of hydrogen-bond donors (Lipinski definition) is 2. The Morgan fingerprint density at radius 1 is 1.07 bits per heavy atom. The van der Waals surface area contributed by atoms with Crippen molar-refractivity contribution >= 4 is 49.7 Å². The first kappa shape index (κ1) is 14.4. The summed E-state index contributed by atoms with van der Waals surface area (Å²) in [7, 11) is 0. The van der Waals surface area contributed by atoms with E-state index in [2.05, 4.69) is 0 Å². The van der Waals surface area contributed by atoms with Crippen LogP contribution in [0.5, 0.6) is 0 Å². The number of carboxylic acids is 2. The Labute approximate surface area is 117 Å². The molecule has 0 radical (unpaired) electrons. The molecule has 0 aliphatic rings. The summed E-state index contributed by atoms with van der Waals surface area (Å²) in [5.74, 6) is -3.97. The molecular formula is C10H12CaO4. The predicted octanol–water partition coefficient (Wildman–Crippen LogP) is 0.0983. The van der Waals surface area contributed by atoms with Gasteiger partial charge in [0, 0.05) is 0 Å². The van der Waals surface area contributed by atoms with Gasteiger partial charge in [0.25, 0.3) is 0 Å². The summed E-state index contributed by atoms with van der Waals surface area (Å²) in [6.07, 6.45) is 0.0194. The summed E-state index contributed by atoms with van der Waals surface area (Å²) in [4.78, 5) is 21.1. The van der Waals surface area contributed by atoms with Crippen LogP contribution in [-0.4, -0.2) is 59.9 Å². The molecule has 0 bridgehead atoms. The molecule has 5 heteroatoms. The molecule has 0 saturated carbocycles. The van der Waals surface area contributed by atoms with E-state index >= 15 is 0 Å². The first-order valence-corrected chi connectivity index (χ1v) is 4.11. The normalized spacial score (nSPS) is 9.40. The van der Waals surface area contributed by atoms with Crippen molar-refractivity contribution in [1.29, 1.82) is 0 Å². The third-order valence-electron chi connectivity index (χ3n) is 1.88. The second-order valence-corrected chi connectivity index (χ2v) is 2.92. The average Bonchev–Trinajstić information content (AvgIpc) is 2.15. The Morgan fingerprint density at radius 3 is 1.93 bits per heavy atom. The van der Waals surface area contributed by atoms with E-state index in [1.807, 2.05) is 0 Å². The summed E-state index contributed by atoms with van der Waals surface area (Å²) in [5.41, 5.74) is 0.710. The van der Waals surface area contributed by atoms with Crippen LogP contribution in [0.2, 0.25) is 0 Å². The first-order chi connectivity index (χ1) is 6.61. The van der Waals surface area contributed by atoms with Crippen LogP contribution in [0.3, 0.4) is 0 Å². The molecule has 0 fully saturated rings. The zero-order chi connectivity index (χ0) is 10.6. The molecule has 78 valence electrons. The number of aliphatic carboxylic acids is 2. The zero-order valence-corrected chi connectivity index (χ0v) is 7.38. The quantitative estimate of drug-likeness (QED) is 0.574. The van der Waals surface area contributed by atoms with Gasteiger partial charge in [-0.15, -0.1) is 0 Å². The fourth-order valence-electron chi connectivity index (χ4n) is 1.13. The van der Waals surface area contributed by atoms with Crippen LogP contribution >= 0.6 is 0 Å². The Hall–Kier alpha value is -0.580. The van der Waals surface area contributed by atoms with Crippen molar-refractivity contribution in [2.45, 2.75) is 6.42 Å². The molecule has 0 unspecified atom stereocenters. The average molecular weight is 236 g/mol. The van der Waals surface area contributed by atoms with Gasteiger partial charge in [-0.2, -0.15) is 0 Å². The van der Waals surface area contributed by atoms with Gasteiger partial charge in [-0.05, 0) is 12.0 Å². The van der Waals surface area contributed by atoms with Crippen LogP contribution in [-0.2, 0) is 16.0 Å². The standard InChI is InChI=1S/C10H10O4.Ca.2H/c11-9(12)8(10(13)14)6-7-4-2-1-3-5-7;;;/h1-5,8H,6H2,(H,11,12)(H,13,14);;;. The van der Waals surface area contributed by atoms with Crippen molar-refractivity contribution in [1.82, 2.24) is 0 Å². The summed E-state index contributed by atoms with van der Waals surface area (Å²) >= 11 is 0. The van der Waals surface area contributed by atoms with E-state index in [0.717, 1.165) is 0 Å². The monoisotopic (exact) mass is 236 g/mol. The van der Waals surface area contributed by atoms with E-state index in [0.29, 0.717) is 5.56 Å². The van der Waals surface area contributed by atoms with Crippen molar-refractivity contribution in [3.8, 4) is 0 Å². The number of hydrogen-bond acceptors (Lipinski definition) is 2. The zero-order valence-electron chi connectivity index (χ0n) is 7.38. The van der Waals surface area contributed by atoms with E-state index < -0.39 is 17.9 Å². The second-order valence-electron chi connectivity index (χ2n) is 2.92. The van der Waals surface area contributed by atoms with E-state index in [1.165, 1.54) is 0 Å². The molecule has 0 aliphatic carbocycles. The van der Waals surface area contributed by atoms with Gasteiger partial charge >= 0.3 is 49.7 Å². The fourth-order valence-corrected chi connectivity index (χ4v) is 1.13. The summed E-state index contributed by atoms with van der Waals surface area (Å²) in [5, 5.41) is 17.2. The molecule has 0 aromatic heterocycles. The van der Waals surface area contributed by atoms with E-state index in [-0.39, 0.29) is 44.2 Å². The molecule has 0 spiro atoms. The van der Waals surface area contributed by atoms with Crippen LogP contribution in [0.25, 0.3) is 0 Å². The molecule has 1 aromatic carbocycles. The summed E-state index contributed by atoms with van der Waals surface area (Å²) in [6, 6.07) is 8.70. The Morgan fingerprint density at radius 2 is 1.53 bits per heavy atom. The van der Waals surface area contributed by atoms with Crippen LogP contribution in [0, 0.1) is 5.92 Å². The molecule has 0 atom stereocenters. The minimum atomic E-state index is -1.36. The second kappa shape index (κ2) is 6.82. The van der Waals surface area contributed by atoms with E-state index in [9.17, 15) is 9.59 Å². The van der Waals surface area contributed by atoms with E-state index in [4.69, 9.17) is 10.2 Å². The molecule has 2 N–H and O–H groups in total. The molecule has 0 heterocycles. The van der Waals surface area contributed by atoms with Gasteiger partial charge in [0.05, 0.1) is 0 Å². The van der Waals surface area contributed by atoms with Gasteiger partial charge in [0.1, 0.15) is 0 Å². The number of carboxylic acid groups (broad SMARTS) is 2. The fraction of sp³-hybridized carbons (Fsp3) is 0.200. The Bertz CT molecular complexity index is 323. The maximum absolute atomic E-state index is 10.6. The third kappa shape index (κ3) is 4.64. The number of carbonyl (C=O) groups is 2. The van der Waals surface area contributed by atoms with Gasteiger partial charge in [-0.3, -0.25) is 9.59 Å². The summed E-state index contributed by atoms with van der Waals surface area (Å²) in [6.45, 7) is 0. The topological polar surface area (TPSA) is 74.6 Å². The molecule has 1 aromatic rings. The van der Waals surface area contributed by atoms with Gasteiger partial charge in [-0.25, -0.2) is 0 Å². The van der Waals surface area contributed by atoms with Crippen LogP contribution in [0.4, 0.5) is 0 Å². The molecule has 15 heavy (non-hydrogen) atoms. The number of benzene rings is 1. The van der Waals surface area contributed by atoms with Crippen LogP contribution in [0.1, 0.15) is 5.56 Å². The van der Waals surface area contributed by atoms with Crippen LogP contribution < -0.4 is 0 Å². The SMILES string of the molecule is O=C(O)C(Cc1ccccc1)C(=O)O.[CaH2]. The van der Waals surface area contributed by atoms with Gasteiger partial charge in [-0.1, -0.05) is 30.3 Å². The Kier molecular flexibility index (Phi) is 6.56. The minimum absolute atomic E-state index is 0. The molecule has 0 saturated heterocycles. The van der Waals surface area contributed by atoms with Gasteiger partial charge < -0.3 is 10.2 Å². The maximum atomic E-state index is 10.6. The third-order valence-corrected chi connectivity index (χ3v) is 1.88. The van der Waals surface area contributed by atoms with Crippen molar-refractivity contribution in [2.75, 3.05) is 0 Å². The molecule has 1 rings (SSSR count). The van der Waals surface area contributed by atoms with Crippen molar-refractivity contribution in [2.24, 2.45) is 5.92 Å². The predicted molar refractivity (Wildman–Crippen MR) is 57.5 cm³/mol.